The maximum Gasteiger partial charge on any atom is 1.00 e. The van der Waals surface area contributed by atoms with E-state index in [4.69, 9.17) is 0 Å². The van der Waals surface area contributed by atoms with Crippen LogP contribution in [0.2, 0.25) is 0 Å². The number of rotatable bonds is 1. The first-order chi connectivity index (χ1) is 5.11. The van der Waals surface area contributed by atoms with Gasteiger partial charge >= 0.3 is 51.4 Å². The Morgan fingerprint density at radius 3 is 2.25 bits per heavy atom. The average molecular weight is 188 g/mol. The molecule has 0 heterocycles. The Morgan fingerprint density at radius 2 is 1.83 bits per heavy atom. The number of aryl methyl sites for hydroxylation is 1. The normalized spacial score (nSPS) is 9.67. The van der Waals surface area contributed by atoms with Crippen molar-refractivity contribution in [2.24, 2.45) is 0 Å². The van der Waals surface area contributed by atoms with Crippen LogP contribution >= 0.6 is 0 Å². The summed E-state index contributed by atoms with van der Waals surface area (Å²) >= 11 is 0. The summed E-state index contributed by atoms with van der Waals surface area (Å²) in [5, 5.41) is 11.3. The third-order valence-electron chi connectivity index (χ3n) is 1.79. The van der Waals surface area contributed by atoms with Gasteiger partial charge in [-0.2, -0.15) is 0 Å². The summed E-state index contributed by atoms with van der Waals surface area (Å²) in [4.78, 5) is 0. The van der Waals surface area contributed by atoms with Crippen molar-refractivity contribution in [3.05, 3.63) is 29.3 Å². The number of hydrogen-bond acceptors (Lipinski definition) is 1. The molecular weight excluding hydrogens is 175 g/mol. The molecule has 1 nitrogen and oxygen atoms in total. The van der Waals surface area contributed by atoms with E-state index >= 15 is 0 Å². The third kappa shape index (κ3) is 3.19. The smallest absolute Gasteiger partial charge is 0.872 e. The zero-order valence-corrected chi connectivity index (χ0v) is 11.3. The van der Waals surface area contributed by atoms with Gasteiger partial charge in [-0.05, 0) is 12.8 Å². The van der Waals surface area contributed by atoms with Crippen LogP contribution < -0.4 is 56.5 Å². The third-order valence-corrected chi connectivity index (χ3v) is 1.79. The van der Waals surface area contributed by atoms with Gasteiger partial charge in [-0.1, -0.05) is 43.2 Å². The van der Waals surface area contributed by atoms with Gasteiger partial charge in [-0.25, -0.2) is 0 Å². The van der Waals surface area contributed by atoms with Crippen LogP contribution in [0.25, 0.3) is 0 Å². The van der Waals surface area contributed by atoms with Crippen molar-refractivity contribution >= 4 is 0 Å². The summed E-state index contributed by atoms with van der Waals surface area (Å²) < 4.78 is 0. The van der Waals surface area contributed by atoms with E-state index in [0.717, 1.165) is 11.1 Å². The summed E-state index contributed by atoms with van der Waals surface area (Å²) in [6.45, 7) is 6.00. The summed E-state index contributed by atoms with van der Waals surface area (Å²) in [5.41, 5.74) is 1.95. The van der Waals surface area contributed by atoms with Gasteiger partial charge in [0.2, 0.25) is 0 Å². The molecule has 0 unspecified atom stereocenters. The predicted octanol–water partition coefficient (Wildman–Crippen LogP) is -0.804. The minimum absolute atomic E-state index is 0. The minimum atomic E-state index is 0. The first-order valence-corrected chi connectivity index (χ1v) is 3.89. The van der Waals surface area contributed by atoms with Gasteiger partial charge in [0.1, 0.15) is 0 Å². The van der Waals surface area contributed by atoms with Crippen LogP contribution in [0.5, 0.6) is 5.75 Å². The molecule has 12 heavy (non-hydrogen) atoms. The fourth-order valence-electron chi connectivity index (χ4n) is 1.12. The van der Waals surface area contributed by atoms with Gasteiger partial charge in [0, 0.05) is 0 Å². The first-order valence-electron chi connectivity index (χ1n) is 3.89. The Hall–Kier alpha value is 0.656. The Labute approximate surface area is 117 Å². The maximum atomic E-state index is 11.3. The van der Waals surface area contributed by atoms with E-state index in [1.54, 1.807) is 6.07 Å². The molecule has 0 N–H and O–H groups in total. The second kappa shape index (κ2) is 5.40. The molecule has 0 fully saturated rings. The second-order valence-corrected chi connectivity index (χ2v) is 3.20. The molecule has 0 radical (unpaired) electrons. The molecule has 60 valence electrons. The van der Waals surface area contributed by atoms with E-state index in [-0.39, 0.29) is 57.1 Å². The zero-order valence-electron chi connectivity index (χ0n) is 8.22. The standard InChI is InChI=1S/C10H14O.K/c1-7(2)9-5-4-8(3)6-10(9)11;/h4-7,11H,1-3H3;/q;+1/p-1. The SMILES string of the molecule is Cc1ccc(C(C)C)c([O-])c1.[K+]. The molecule has 0 aliphatic heterocycles. The van der Waals surface area contributed by atoms with Crippen molar-refractivity contribution in [3.63, 3.8) is 0 Å². The molecule has 1 aromatic carbocycles. The summed E-state index contributed by atoms with van der Waals surface area (Å²) in [6, 6.07) is 5.59. The maximum absolute atomic E-state index is 11.3. The Balaban J connectivity index is 0.00000121. The molecule has 0 aromatic heterocycles. The van der Waals surface area contributed by atoms with Gasteiger partial charge in [0.15, 0.2) is 0 Å². The van der Waals surface area contributed by atoms with Crippen LogP contribution in [0.4, 0.5) is 0 Å². The molecule has 0 atom stereocenters. The molecule has 0 aliphatic rings. The van der Waals surface area contributed by atoms with Crippen molar-refractivity contribution in [2.75, 3.05) is 0 Å². The molecule has 0 spiro atoms. The van der Waals surface area contributed by atoms with Crippen LogP contribution in [0.3, 0.4) is 0 Å². The fraction of sp³-hybridized carbons (Fsp3) is 0.400. The van der Waals surface area contributed by atoms with Gasteiger partial charge in [0.05, 0.1) is 0 Å². The van der Waals surface area contributed by atoms with Crippen molar-refractivity contribution < 1.29 is 56.5 Å². The van der Waals surface area contributed by atoms with E-state index in [1.165, 1.54) is 0 Å². The van der Waals surface area contributed by atoms with Crippen LogP contribution in [0.15, 0.2) is 18.2 Å². The Kier molecular flexibility index (Phi) is 5.70. The number of hydrogen-bond donors (Lipinski definition) is 0. The van der Waals surface area contributed by atoms with Crippen LogP contribution in [0, 0.1) is 6.92 Å². The van der Waals surface area contributed by atoms with Crippen molar-refractivity contribution in [1.82, 2.24) is 0 Å². The van der Waals surface area contributed by atoms with Gasteiger partial charge in [-0.3, -0.25) is 0 Å². The van der Waals surface area contributed by atoms with E-state index < -0.39 is 0 Å². The predicted molar refractivity (Wildman–Crippen MR) is 44.7 cm³/mol. The molecule has 1 rings (SSSR count). The molecule has 0 saturated carbocycles. The molecular formula is C10H13KO. The Bertz CT molecular complexity index is 256. The van der Waals surface area contributed by atoms with Gasteiger partial charge in [-0.15, -0.1) is 5.75 Å². The van der Waals surface area contributed by atoms with E-state index in [0.29, 0.717) is 5.92 Å². The molecule has 2 heteroatoms. The molecule has 0 bridgehead atoms. The fourth-order valence-corrected chi connectivity index (χ4v) is 1.12. The van der Waals surface area contributed by atoms with E-state index in [1.807, 2.05) is 32.9 Å². The minimum Gasteiger partial charge on any atom is -0.872 e. The average Bonchev–Trinajstić information content (AvgIpc) is 1.85. The van der Waals surface area contributed by atoms with Crippen LogP contribution in [0.1, 0.15) is 30.9 Å². The number of benzene rings is 1. The summed E-state index contributed by atoms with van der Waals surface area (Å²) in [7, 11) is 0. The zero-order chi connectivity index (χ0) is 8.43. The largest absolute Gasteiger partial charge is 1.00 e. The second-order valence-electron chi connectivity index (χ2n) is 3.20. The van der Waals surface area contributed by atoms with Crippen molar-refractivity contribution in [1.29, 1.82) is 0 Å². The summed E-state index contributed by atoms with van der Waals surface area (Å²) in [5.74, 6) is 0.503. The molecule has 0 saturated heterocycles. The molecule has 1 aromatic rings. The van der Waals surface area contributed by atoms with E-state index in [2.05, 4.69) is 0 Å². The summed E-state index contributed by atoms with van der Waals surface area (Å²) in [6.07, 6.45) is 0. The van der Waals surface area contributed by atoms with Gasteiger partial charge < -0.3 is 5.11 Å². The monoisotopic (exact) mass is 188 g/mol. The first kappa shape index (κ1) is 12.7. The molecule has 0 aliphatic carbocycles. The van der Waals surface area contributed by atoms with E-state index in [9.17, 15) is 5.11 Å². The van der Waals surface area contributed by atoms with Crippen molar-refractivity contribution in [2.45, 2.75) is 26.7 Å². The quantitative estimate of drug-likeness (QED) is 0.529. The topological polar surface area (TPSA) is 23.1 Å². The van der Waals surface area contributed by atoms with Gasteiger partial charge in [0.25, 0.3) is 0 Å². The van der Waals surface area contributed by atoms with Crippen LogP contribution in [-0.2, 0) is 0 Å². The molecule has 0 amide bonds. The van der Waals surface area contributed by atoms with Crippen molar-refractivity contribution in [3.8, 4) is 5.75 Å². The van der Waals surface area contributed by atoms with Crippen LogP contribution in [-0.4, -0.2) is 0 Å². The Morgan fingerprint density at radius 1 is 1.25 bits per heavy atom.